The van der Waals surface area contributed by atoms with Gasteiger partial charge in [-0.1, -0.05) is 12.1 Å². The Bertz CT molecular complexity index is 1010. The van der Waals surface area contributed by atoms with Crippen LogP contribution < -0.4 is 5.32 Å². The number of nitrogens with one attached hydrogen (secondary N) is 1. The molecule has 0 radical (unpaired) electrons. The standard InChI is InChI=1S/C22H26N2O6S/c1-29-22(26)17-5-8-20(23-14-17)24-21(25)19(13-15-9-11-30-12-10-15)16-3-6-18(7-4-16)31(2,27)28/h3-8,14-15,19H,9-13H2,1-2H3,(H,23,24,25). The largest absolute Gasteiger partial charge is 0.465 e. The predicted molar refractivity (Wildman–Crippen MR) is 115 cm³/mol. The van der Waals surface area contributed by atoms with Crippen LogP contribution in [-0.4, -0.2) is 51.9 Å². The number of rotatable bonds is 7. The first-order valence-electron chi connectivity index (χ1n) is 10.0. The minimum Gasteiger partial charge on any atom is -0.465 e. The minimum absolute atomic E-state index is 0.210. The van der Waals surface area contributed by atoms with Crippen LogP contribution in [0.2, 0.25) is 0 Å². The van der Waals surface area contributed by atoms with Gasteiger partial charge in [-0.15, -0.1) is 0 Å². The topological polar surface area (TPSA) is 112 Å². The van der Waals surface area contributed by atoms with E-state index >= 15 is 0 Å². The lowest BCUT2D eigenvalue weighted by Crippen LogP contribution is -2.26. The molecule has 1 N–H and O–H groups in total. The molecule has 0 saturated carbocycles. The number of hydrogen-bond acceptors (Lipinski definition) is 7. The Morgan fingerprint density at radius 3 is 2.39 bits per heavy atom. The first kappa shape index (κ1) is 22.9. The first-order chi connectivity index (χ1) is 14.8. The zero-order chi connectivity index (χ0) is 22.4. The predicted octanol–water partition coefficient (Wildman–Crippen LogP) is 2.81. The van der Waals surface area contributed by atoms with Crippen LogP contribution in [0, 0.1) is 5.92 Å². The van der Waals surface area contributed by atoms with Crippen molar-refractivity contribution in [2.75, 3.05) is 31.9 Å². The van der Waals surface area contributed by atoms with E-state index in [4.69, 9.17) is 4.74 Å². The van der Waals surface area contributed by atoms with Crippen LogP contribution in [-0.2, 0) is 24.1 Å². The number of methoxy groups -OCH3 is 1. The van der Waals surface area contributed by atoms with Gasteiger partial charge in [-0.25, -0.2) is 18.2 Å². The highest BCUT2D eigenvalue weighted by atomic mass is 32.2. The second-order valence-corrected chi connectivity index (χ2v) is 9.61. The van der Waals surface area contributed by atoms with E-state index in [1.807, 2.05) is 0 Å². The summed E-state index contributed by atoms with van der Waals surface area (Å²) in [6.07, 6.45) is 4.86. The summed E-state index contributed by atoms with van der Waals surface area (Å²) < 4.78 is 33.6. The van der Waals surface area contributed by atoms with E-state index in [0.29, 0.717) is 31.4 Å². The second kappa shape index (κ2) is 10.0. The second-order valence-electron chi connectivity index (χ2n) is 7.60. The zero-order valence-electron chi connectivity index (χ0n) is 17.5. The smallest absolute Gasteiger partial charge is 0.339 e. The summed E-state index contributed by atoms with van der Waals surface area (Å²) in [6.45, 7) is 1.34. The van der Waals surface area contributed by atoms with Gasteiger partial charge in [-0.2, -0.15) is 0 Å². The molecule has 1 saturated heterocycles. The lowest BCUT2D eigenvalue weighted by Gasteiger charge is -2.26. The van der Waals surface area contributed by atoms with Gasteiger partial charge in [-0.3, -0.25) is 4.79 Å². The highest BCUT2D eigenvalue weighted by Crippen LogP contribution is 2.31. The average Bonchev–Trinajstić information content (AvgIpc) is 2.77. The fraction of sp³-hybridized carbons (Fsp3) is 0.409. The van der Waals surface area contributed by atoms with Crippen molar-refractivity contribution in [1.82, 2.24) is 4.98 Å². The Kier molecular flexibility index (Phi) is 7.40. The van der Waals surface area contributed by atoms with Gasteiger partial charge in [0, 0.05) is 25.7 Å². The summed E-state index contributed by atoms with van der Waals surface area (Å²) in [5.41, 5.74) is 1.03. The lowest BCUT2D eigenvalue weighted by atomic mass is 9.84. The third kappa shape index (κ3) is 6.11. The fourth-order valence-electron chi connectivity index (χ4n) is 3.58. The molecular formula is C22H26N2O6S. The number of carbonyl (C=O) groups is 2. The molecule has 0 bridgehead atoms. The monoisotopic (exact) mass is 446 g/mol. The maximum absolute atomic E-state index is 13.2. The third-order valence-corrected chi connectivity index (χ3v) is 6.50. The Labute approximate surface area is 181 Å². The Balaban J connectivity index is 1.81. The van der Waals surface area contributed by atoms with Crippen LogP contribution in [0.15, 0.2) is 47.5 Å². The quantitative estimate of drug-likeness (QED) is 0.651. The molecule has 1 aromatic carbocycles. The fourth-order valence-corrected chi connectivity index (χ4v) is 4.21. The normalized spacial score (nSPS) is 15.8. The Hall–Kier alpha value is -2.78. The minimum atomic E-state index is -3.32. The number of nitrogens with zero attached hydrogens (tertiary/aromatic N) is 1. The van der Waals surface area contributed by atoms with E-state index in [0.717, 1.165) is 24.7 Å². The molecule has 0 spiro atoms. The molecule has 2 aromatic rings. The number of ether oxygens (including phenoxy) is 2. The molecule has 9 heteroatoms. The number of benzene rings is 1. The molecule has 1 aliphatic rings. The van der Waals surface area contributed by atoms with E-state index < -0.39 is 21.7 Å². The number of esters is 1. The number of amides is 1. The molecule has 1 aromatic heterocycles. The van der Waals surface area contributed by atoms with Gasteiger partial charge in [0.2, 0.25) is 5.91 Å². The Morgan fingerprint density at radius 2 is 1.84 bits per heavy atom. The van der Waals surface area contributed by atoms with Crippen LogP contribution in [0.3, 0.4) is 0 Å². The van der Waals surface area contributed by atoms with E-state index in [9.17, 15) is 18.0 Å². The summed E-state index contributed by atoms with van der Waals surface area (Å²) in [5, 5.41) is 2.81. The molecule has 1 aliphatic heterocycles. The highest BCUT2D eigenvalue weighted by Gasteiger charge is 2.27. The van der Waals surface area contributed by atoms with Crippen molar-refractivity contribution in [3.8, 4) is 0 Å². The third-order valence-electron chi connectivity index (χ3n) is 5.37. The van der Waals surface area contributed by atoms with Gasteiger partial charge in [0.05, 0.1) is 23.5 Å². The number of hydrogen-bond donors (Lipinski definition) is 1. The summed E-state index contributed by atoms with van der Waals surface area (Å²) in [5.74, 6) is -0.569. The Morgan fingerprint density at radius 1 is 1.16 bits per heavy atom. The maximum Gasteiger partial charge on any atom is 0.339 e. The van der Waals surface area contributed by atoms with Gasteiger partial charge >= 0.3 is 5.97 Å². The number of carbonyl (C=O) groups excluding carboxylic acids is 2. The van der Waals surface area contributed by atoms with E-state index in [2.05, 4.69) is 15.0 Å². The number of pyridine rings is 1. The van der Waals surface area contributed by atoms with Crippen molar-refractivity contribution in [3.63, 3.8) is 0 Å². The summed E-state index contributed by atoms with van der Waals surface area (Å²) >= 11 is 0. The van der Waals surface area contributed by atoms with Gasteiger partial charge in [0.15, 0.2) is 9.84 Å². The lowest BCUT2D eigenvalue weighted by molar-refractivity contribution is -0.118. The molecule has 1 atom stereocenters. The van der Waals surface area contributed by atoms with Crippen molar-refractivity contribution >= 4 is 27.5 Å². The van der Waals surface area contributed by atoms with E-state index in [1.165, 1.54) is 31.5 Å². The molecule has 1 unspecified atom stereocenters. The molecule has 8 nitrogen and oxygen atoms in total. The SMILES string of the molecule is COC(=O)c1ccc(NC(=O)C(CC2CCOCC2)c2ccc(S(C)(=O)=O)cc2)nc1. The molecule has 0 aliphatic carbocycles. The van der Waals surface area contributed by atoms with Crippen LogP contribution in [0.5, 0.6) is 0 Å². The molecule has 1 fully saturated rings. The molecule has 166 valence electrons. The molecule has 3 rings (SSSR count). The number of sulfone groups is 1. The molecule has 1 amide bonds. The number of anilines is 1. The maximum atomic E-state index is 13.2. The molecular weight excluding hydrogens is 420 g/mol. The average molecular weight is 447 g/mol. The summed E-state index contributed by atoms with van der Waals surface area (Å²) in [6, 6.07) is 9.50. The van der Waals surface area contributed by atoms with Crippen molar-refractivity contribution in [2.45, 2.75) is 30.1 Å². The van der Waals surface area contributed by atoms with E-state index in [1.54, 1.807) is 18.2 Å². The first-order valence-corrected chi connectivity index (χ1v) is 11.9. The van der Waals surface area contributed by atoms with Gasteiger partial charge in [-0.05, 0) is 55.0 Å². The van der Waals surface area contributed by atoms with Crippen LogP contribution in [0.1, 0.15) is 41.1 Å². The van der Waals surface area contributed by atoms with Crippen molar-refractivity contribution in [3.05, 3.63) is 53.7 Å². The molecule has 2 heterocycles. The summed E-state index contributed by atoms with van der Waals surface area (Å²) in [7, 11) is -2.03. The van der Waals surface area contributed by atoms with E-state index in [-0.39, 0.29) is 16.4 Å². The molecule has 31 heavy (non-hydrogen) atoms. The number of aromatic nitrogens is 1. The van der Waals surface area contributed by atoms with Crippen molar-refractivity contribution in [1.29, 1.82) is 0 Å². The van der Waals surface area contributed by atoms with Gasteiger partial charge < -0.3 is 14.8 Å². The van der Waals surface area contributed by atoms with Crippen LogP contribution >= 0.6 is 0 Å². The summed E-state index contributed by atoms with van der Waals surface area (Å²) in [4.78, 5) is 29.0. The zero-order valence-corrected chi connectivity index (χ0v) is 18.4. The van der Waals surface area contributed by atoms with Crippen molar-refractivity contribution < 1.29 is 27.5 Å². The van der Waals surface area contributed by atoms with Crippen LogP contribution in [0.25, 0.3) is 0 Å². The van der Waals surface area contributed by atoms with Gasteiger partial charge in [0.25, 0.3) is 0 Å². The van der Waals surface area contributed by atoms with Gasteiger partial charge in [0.1, 0.15) is 5.82 Å². The highest BCUT2D eigenvalue weighted by molar-refractivity contribution is 7.90. The van der Waals surface area contributed by atoms with Crippen molar-refractivity contribution in [2.24, 2.45) is 5.92 Å². The van der Waals surface area contributed by atoms with Crippen LogP contribution in [0.4, 0.5) is 5.82 Å².